The van der Waals surface area contributed by atoms with Gasteiger partial charge in [-0.25, -0.2) is 0 Å². The molecule has 0 saturated heterocycles. The summed E-state index contributed by atoms with van der Waals surface area (Å²) in [5.41, 5.74) is 7.10. The summed E-state index contributed by atoms with van der Waals surface area (Å²) in [7, 11) is 0. The van der Waals surface area contributed by atoms with Crippen LogP contribution in [0.5, 0.6) is 0 Å². The monoisotopic (exact) mass is 225 g/mol. The molecule has 4 heteroatoms. The Hall–Kier alpha value is -0.870. The summed E-state index contributed by atoms with van der Waals surface area (Å²) < 4.78 is 7.39. The van der Waals surface area contributed by atoms with E-state index in [9.17, 15) is 0 Å². The first kappa shape index (κ1) is 13.2. The van der Waals surface area contributed by atoms with Gasteiger partial charge in [-0.15, -0.1) is 0 Å². The quantitative estimate of drug-likeness (QED) is 0.766. The van der Waals surface area contributed by atoms with E-state index in [4.69, 9.17) is 10.5 Å². The zero-order valence-electron chi connectivity index (χ0n) is 10.5. The molecule has 4 nitrogen and oxygen atoms in total. The molecule has 92 valence electrons. The predicted octanol–water partition coefficient (Wildman–Crippen LogP) is 1.59. The average Bonchev–Trinajstić information content (AvgIpc) is 2.65. The van der Waals surface area contributed by atoms with E-state index >= 15 is 0 Å². The predicted molar refractivity (Wildman–Crippen MR) is 65.3 cm³/mol. The molecule has 0 spiro atoms. The van der Waals surface area contributed by atoms with E-state index in [0.717, 1.165) is 19.4 Å². The van der Waals surface area contributed by atoms with Crippen molar-refractivity contribution in [2.75, 3.05) is 6.61 Å². The van der Waals surface area contributed by atoms with Gasteiger partial charge in [0.25, 0.3) is 0 Å². The second-order valence-corrected chi connectivity index (χ2v) is 4.40. The topological polar surface area (TPSA) is 53.1 Å². The first-order valence-corrected chi connectivity index (χ1v) is 6.00. The fourth-order valence-electron chi connectivity index (χ4n) is 1.46. The van der Waals surface area contributed by atoms with Crippen molar-refractivity contribution in [3.8, 4) is 0 Å². The highest BCUT2D eigenvalue weighted by atomic mass is 16.5. The van der Waals surface area contributed by atoms with Crippen LogP contribution in [0.3, 0.4) is 0 Å². The fourth-order valence-corrected chi connectivity index (χ4v) is 1.46. The van der Waals surface area contributed by atoms with Crippen LogP contribution in [0.15, 0.2) is 12.4 Å². The molecule has 0 aliphatic rings. The third kappa shape index (κ3) is 4.77. The summed E-state index contributed by atoms with van der Waals surface area (Å²) in [6, 6.07) is 0.240. The molecule has 0 radical (unpaired) electrons. The molecule has 1 aromatic rings. The van der Waals surface area contributed by atoms with E-state index in [1.165, 1.54) is 5.56 Å². The number of rotatable bonds is 7. The number of hydrogen-bond donors (Lipinski definition) is 1. The Morgan fingerprint density at radius 3 is 2.88 bits per heavy atom. The van der Waals surface area contributed by atoms with Crippen molar-refractivity contribution in [2.24, 2.45) is 5.73 Å². The minimum absolute atomic E-state index is 0.240. The van der Waals surface area contributed by atoms with Crippen LogP contribution in [0.25, 0.3) is 0 Å². The van der Waals surface area contributed by atoms with Gasteiger partial charge in [-0.05, 0) is 32.3 Å². The summed E-state index contributed by atoms with van der Waals surface area (Å²) in [5.74, 6) is 0. The molecule has 16 heavy (non-hydrogen) atoms. The molecule has 2 N–H and O–H groups in total. The fraction of sp³-hybridized carbons (Fsp3) is 0.750. The molecule has 0 bridgehead atoms. The van der Waals surface area contributed by atoms with Gasteiger partial charge in [-0.1, -0.05) is 6.92 Å². The smallest absolute Gasteiger partial charge is 0.0666 e. The SMILES string of the molecule is CCC(N)Cc1cnn(CCOC(C)C)c1. The normalized spacial score (nSPS) is 13.3. The van der Waals surface area contributed by atoms with Gasteiger partial charge in [-0.2, -0.15) is 5.10 Å². The van der Waals surface area contributed by atoms with Gasteiger partial charge >= 0.3 is 0 Å². The van der Waals surface area contributed by atoms with Crippen LogP contribution in [0.1, 0.15) is 32.8 Å². The third-order valence-electron chi connectivity index (χ3n) is 2.48. The molecular weight excluding hydrogens is 202 g/mol. The Kier molecular flexibility index (Phi) is 5.49. The van der Waals surface area contributed by atoms with Crippen LogP contribution in [0.4, 0.5) is 0 Å². The molecule has 1 aromatic heterocycles. The van der Waals surface area contributed by atoms with Crippen LogP contribution < -0.4 is 5.73 Å². The van der Waals surface area contributed by atoms with Crippen molar-refractivity contribution in [3.63, 3.8) is 0 Å². The van der Waals surface area contributed by atoms with Gasteiger partial charge in [0.05, 0.1) is 25.5 Å². The summed E-state index contributed by atoms with van der Waals surface area (Å²) in [6.45, 7) is 7.69. The summed E-state index contributed by atoms with van der Waals surface area (Å²) >= 11 is 0. The lowest BCUT2D eigenvalue weighted by atomic mass is 10.1. The summed E-state index contributed by atoms with van der Waals surface area (Å²) in [4.78, 5) is 0. The Bertz CT molecular complexity index is 296. The lowest BCUT2D eigenvalue weighted by molar-refractivity contribution is 0.0709. The molecule has 0 saturated carbocycles. The third-order valence-corrected chi connectivity index (χ3v) is 2.48. The highest BCUT2D eigenvalue weighted by molar-refractivity contribution is 5.05. The lowest BCUT2D eigenvalue weighted by Gasteiger charge is -2.07. The van der Waals surface area contributed by atoms with E-state index in [1.54, 1.807) is 0 Å². The molecule has 1 rings (SSSR count). The number of nitrogens with zero attached hydrogens (tertiary/aromatic N) is 2. The van der Waals surface area contributed by atoms with Crippen LogP contribution in [-0.4, -0.2) is 28.5 Å². The number of ether oxygens (including phenoxy) is 1. The van der Waals surface area contributed by atoms with Crippen LogP contribution in [0.2, 0.25) is 0 Å². The van der Waals surface area contributed by atoms with E-state index in [0.29, 0.717) is 6.61 Å². The first-order chi connectivity index (χ1) is 7.61. The second-order valence-electron chi connectivity index (χ2n) is 4.40. The minimum atomic E-state index is 0.240. The standard InChI is InChI=1S/C12H23N3O/c1-4-12(13)7-11-8-14-15(9-11)5-6-16-10(2)3/h8-10,12H,4-7,13H2,1-3H3. The van der Waals surface area contributed by atoms with Crippen molar-refractivity contribution in [1.82, 2.24) is 9.78 Å². The van der Waals surface area contributed by atoms with Crippen molar-refractivity contribution in [1.29, 1.82) is 0 Å². The minimum Gasteiger partial charge on any atom is -0.377 e. The van der Waals surface area contributed by atoms with E-state index in [-0.39, 0.29) is 12.1 Å². The van der Waals surface area contributed by atoms with Crippen LogP contribution in [-0.2, 0) is 17.7 Å². The Balaban J connectivity index is 2.33. The second kappa shape index (κ2) is 6.66. The number of hydrogen-bond acceptors (Lipinski definition) is 3. The largest absolute Gasteiger partial charge is 0.377 e. The maximum Gasteiger partial charge on any atom is 0.0666 e. The molecule has 0 amide bonds. The highest BCUT2D eigenvalue weighted by Crippen LogP contribution is 2.03. The molecule has 0 fully saturated rings. The van der Waals surface area contributed by atoms with Crippen molar-refractivity contribution >= 4 is 0 Å². The van der Waals surface area contributed by atoms with E-state index < -0.39 is 0 Å². The Morgan fingerprint density at radius 1 is 1.50 bits per heavy atom. The summed E-state index contributed by atoms with van der Waals surface area (Å²) in [5, 5.41) is 4.28. The maximum absolute atomic E-state index is 5.89. The van der Waals surface area contributed by atoms with Gasteiger partial charge in [0.2, 0.25) is 0 Å². The zero-order chi connectivity index (χ0) is 12.0. The Morgan fingerprint density at radius 2 is 2.25 bits per heavy atom. The van der Waals surface area contributed by atoms with Gasteiger partial charge in [0.15, 0.2) is 0 Å². The van der Waals surface area contributed by atoms with Gasteiger partial charge in [0, 0.05) is 12.2 Å². The van der Waals surface area contributed by atoms with Crippen molar-refractivity contribution < 1.29 is 4.74 Å². The first-order valence-electron chi connectivity index (χ1n) is 6.00. The van der Waals surface area contributed by atoms with Gasteiger partial charge < -0.3 is 10.5 Å². The van der Waals surface area contributed by atoms with Crippen LogP contribution >= 0.6 is 0 Å². The van der Waals surface area contributed by atoms with Crippen molar-refractivity contribution in [3.05, 3.63) is 18.0 Å². The average molecular weight is 225 g/mol. The van der Waals surface area contributed by atoms with Gasteiger partial charge in [0.1, 0.15) is 0 Å². The van der Waals surface area contributed by atoms with Gasteiger partial charge in [-0.3, -0.25) is 4.68 Å². The molecule has 0 aliphatic carbocycles. The molecule has 1 heterocycles. The molecule has 1 atom stereocenters. The molecule has 0 aliphatic heterocycles. The maximum atomic E-state index is 5.89. The van der Waals surface area contributed by atoms with E-state index in [1.807, 2.05) is 24.7 Å². The lowest BCUT2D eigenvalue weighted by Crippen LogP contribution is -2.21. The zero-order valence-corrected chi connectivity index (χ0v) is 10.5. The Labute approximate surface area is 97.8 Å². The number of nitrogens with two attached hydrogens (primary N) is 1. The molecule has 0 aromatic carbocycles. The highest BCUT2D eigenvalue weighted by Gasteiger charge is 2.04. The van der Waals surface area contributed by atoms with Crippen LogP contribution in [0, 0.1) is 0 Å². The number of aromatic nitrogens is 2. The molecular formula is C12H23N3O. The van der Waals surface area contributed by atoms with E-state index in [2.05, 4.69) is 18.2 Å². The van der Waals surface area contributed by atoms with Crippen molar-refractivity contribution in [2.45, 2.75) is 52.3 Å². The summed E-state index contributed by atoms with van der Waals surface area (Å²) in [6.07, 6.45) is 6.14. The molecule has 1 unspecified atom stereocenters.